The molecular weight excluding hydrogens is 352 g/mol. The van der Waals surface area contributed by atoms with Crippen molar-refractivity contribution in [2.45, 2.75) is 32.7 Å². The molecule has 2 aromatic rings. The number of hydrogen-bond acceptors (Lipinski definition) is 5. The van der Waals surface area contributed by atoms with E-state index in [9.17, 15) is 0 Å². The van der Waals surface area contributed by atoms with Crippen LogP contribution in [0, 0.1) is 13.8 Å². The third kappa shape index (κ3) is 5.06. The standard InChI is InChI=1S/C18H23ClN6O/c1-11-9-14(3-4-15(11)19)23-17(20)25-18-21-12(2)10-16(24-18)22-13-5-7-26-8-6-13/h3-4,9-10,13H,5-8H2,1-2H3,(H4,20,21,22,23,24,25). The number of aliphatic imine (C=N–C) groups is 1. The van der Waals surface area contributed by atoms with Gasteiger partial charge >= 0.3 is 0 Å². The molecule has 0 spiro atoms. The first kappa shape index (κ1) is 18.4. The van der Waals surface area contributed by atoms with E-state index in [1.54, 1.807) is 0 Å². The molecule has 0 saturated carbocycles. The molecule has 0 amide bonds. The summed E-state index contributed by atoms with van der Waals surface area (Å²) in [5.41, 5.74) is 8.59. The number of nitrogens with zero attached hydrogens (tertiary/aromatic N) is 3. The minimum absolute atomic E-state index is 0.217. The van der Waals surface area contributed by atoms with Gasteiger partial charge in [-0.3, -0.25) is 0 Å². The maximum absolute atomic E-state index is 6.04. The number of nitrogens with one attached hydrogen (secondary N) is 2. The summed E-state index contributed by atoms with van der Waals surface area (Å²) in [6.07, 6.45) is 1.92. The first-order chi connectivity index (χ1) is 12.5. The highest BCUT2D eigenvalue weighted by Crippen LogP contribution is 2.20. The van der Waals surface area contributed by atoms with Gasteiger partial charge < -0.3 is 21.1 Å². The number of guanidine groups is 1. The fourth-order valence-corrected chi connectivity index (χ4v) is 2.85. The molecule has 0 radical (unpaired) electrons. The van der Waals surface area contributed by atoms with Crippen molar-refractivity contribution in [3.05, 3.63) is 40.5 Å². The van der Waals surface area contributed by atoms with E-state index >= 15 is 0 Å². The Morgan fingerprint density at radius 3 is 2.73 bits per heavy atom. The van der Waals surface area contributed by atoms with E-state index in [0.717, 1.165) is 48.8 Å². The Morgan fingerprint density at radius 1 is 1.23 bits per heavy atom. The molecule has 7 nitrogen and oxygen atoms in total. The van der Waals surface area contributed by atoms with Crippen LogP contribution in [-0.2, 0) is 4.74 Å². The minimum atomic E-state index is 0.217. The molecule has 1 aliphatic heterocycles. The third-order valence-electron chi connectivity index (χ3n) is 4.07. The topological polar surface area (TPSA) is 97.5 Å². The summed E-state index contributed by atoms with van der Waals surface area (Å²) in [5, 5.41) is 7.16. The molecule has 1 aromatic carbocycles. The predicted octanol–water partition coefficient (Wildman–Crippen LogP) is 3.40. The molecule has 3 rings (SSSR count). The molecule has 1 saturated heterocycles. The van der Waals surface area contributed by atoms with E-state index < -0.39 is 0 Å². The van der Waals surface area contributed by atoms with Crippen molar-refractivity contribution in [3.63, 3.8) is 0 Å². The average Bonchev–Trinajstić information content (AvgIpc) is 2.58. The van der Waals surface area contributed by atoms with Gasteiger partial charge in [-0.05, 0) is 50.5 Å². The molecule has 4 N–H and O–H groups in total. The zero-order valence-corrected chi connectivity index (χ0v) is 15.7. The zero-order chi connectivity index (χ0) is 18.5. The van der Waals surface area contributed by atoms with Gasteiger partial charge in [-0.1, -0.05) is 11.6 Å². The van der Waals surface area contributed by atoms with Crippen LogP contribution in [0.2, 0.25) is 5.02 Å². The molecule has 0 atom stereocenters. The second-order valence-corrected chi connectivity index (χ2v) is 6.72. The van der Waals surface area contributed by atoms with Gasteiger partial charge in [0.25, 0.3) is 5.95 Å². The Kier molecular flexibility index (Phi) is 5.90. The fraction of sp³-hybridized carbons (Fsp3) is 0.389. The van der Waals surface area contributed by atoms with Crippen molar-refractivity contribution in [2.75, 3.05) is 23.8 Å². The number of nitrogens with two attached hydrogens (primary N) is 1. The lowest BCUT2D eigenvalue weighted by Crippen LogP contribution is -2.28. The summed E-state index contributed by atoms with van der Waals surface area (Å²) in [5.74, 6) is 1.28. The summed E-state index contributed by atoms with van der Waals surface area (Å²) in [7, 11) is 0. The smallest absolute Gasteiger partial charge is 0.254 e. The molecule has 1 aliphatic rings. The summed E-state index contributed by atoms with van der Waals surface area (Å²) in [6.45, 7) is 5.37. The largest absolute Gasteiger partial charge is 0.381 e. The number of anilines is 2. The van der Waals surface area contributed by atoms with E-state index in [0.29, 0.717) is 17.0 Å². The van der Waals surface area contributed by atoms with Crippen molar-refractivity contribution in [3.8, 4) is 0 Å². The molecule has 2 heterocycles. The van der Waals surface area contributed by atoms with Crippen LogP contribution >= 0.6 is 11.6 Å². The SMILES string of the molecule is Cc1cc(NC2CCOCC2)nc(N=C(N)Nc2ccc(Cl)c(C)c2)n1. The van der Waals surface area contributed by atoms with Crippen molar-refractivity contribution in [1.82, 2.24) is 9.97 Å². The van der Waals surface area contributed by atoms with Crippen LogP contribution in [0.4, 0.5) is 17.5 Å². The third-order valence-corrected chi connectivity index (χ3v) is 4.49. The van der Waals surface area contributed by atoms with E-state index in [2.05, 4.69) is 25.6 Å². The van der Waals surface area contributed by atoms with Gasteiger partial charge in [0.2, 0.25) is 5.96 Å². The lowest BCUT2D eigenvalue weighted by atomic mass is 10.1. The predicted molar refractivity (Wildman–Crippen MR) is 105 cm³/mol. The number of benzene rings is 1. The molecule has 0 bridgehead atoms. The number of rotatable bonds is 4. The summed E-state index contributed by atoms with van der Waals surface area (Å²) >= 11 is 6.04. The van der Waals surface area contributed by atoms with Gasteiger partial charge in [0.1, 0.15) is 5.82 Å². The van der Waals surface area contributed by atoms with Crippen LogP contribution in [-0.4, -0.2) is 35.2 Å². The molecule has 8 heteroatoms. The number of halogens is 1. The summed E-state index contributed by atoms with van der Waals surface area (Å²) in [4.78, 5) is 13.1. The monoisotopic (exact) mass is 374 g/mol. The quantitative estimate of drug-likeness (QED) is 0.560. The lowest BCUT2D eigenvalue weighted by Gasteiger charge is -2.23. The summed E-state index contributed by atoms with van der Waals surface area (Å²) in [6, 6.07) is 7.81. The van der Waals surface area contributed by atoms with Crippen LogP contribution in [0.25, 0.3) is 0 Å². The Balaban J connectivity index is 1.72. The van der Waals surface area contributed by atoms with Crippen LogP contribution in [0.15, 0.2) is 29.3 Å². The molecular formula is C18H23ClN6O. The molecule has 1 aromatic heterocycles. The molecule has 138 valence electrons. The van der Waals surface area contributed by atoms with Crippen LogP contribution in [0.3, 0.4) is 0 Å². The normalized spacial score (nSPS) is 15.7. The maximum Gasteiger partial charge on any atom is 0.254 e. The van der Waals surface area contributed by atoms with E-state index in [-0.39, 0.29) is 5.96 Å². The first-order valence-corrected chi connectivity index (χ1v) is 8.95. The number of aromatic nitrogens is 2. The highest BCUT2D eigenvalue weighted by molar-refractivity contribution is 6.31. The Hall–Kier alpha value is -2.38. The highest BCUT2D eigenvalue weighted by atomic mass is 35.5. The number of ether oxygens (including phenoxy) is 1. The fourth-order valence-electron chi connectivity index (χ4n) is 2.73. The van der Waals surface area contributed by atoms with Crippen LogP contribution in [0.1, 0.15) is 24.1 Å². The number of aryl methyl sites for hydroxylation is 2. The Bertz CT molecular complexity index is 804. The second kappa shape index (κ2) is 8.33. The van der Waals surface area contributed by atoms with Gasteiger partial charge in [0, 0.05) is 41.7 Å². The molecule has 0 unspecified atom stereocenters. The molecule has 0 aliphatic carbocycles. The van der Waals surface area contributed by atoms with E-state index in [1.165, 1.54) is 0 Å². The minimum Gasteiger partial charge on any atom is -0.381 e. The van der Waals surface area contributed by atoms with Crippen molar-refractivity contribution in [2.24, 2.45) is 10.7 Å². The average molecular weight is 375 g/mol. The van der Waals surface area contributed by atoms with Gasteiger partial charge in [0.15, 0.2) is 0 Å². The second-order valence-electron chi connectivity index (χ2n) is 6.31. The van der Waals surface area contributed by atoms with Gasteiger partial charge in [-0.2, -0.15) is 9.98 Å². The van der Waals surface area contributed by atoms with Crippen molar-refractivity contribution >= 4 is 35.0 Å². The summed E-state index contributed by atoms with van der Waals surface area (Å²) < 4.78 is 5.38. The highest BCUT2D eigenvalue weighted by Gasteiger charge is 2.14. The van der Waals surface area contributed by atoms with Gasteiger partial charge in [0.05, 0.1) is 0 Å². The Labute approximate surface area is 158 Å². The lowest BCUT2D eigenvalue weighted by molar-refractivity contribution is 0.0904. The molecule has 26 heavy (non-hydrogen) atoms. The first-order valence-electron chi connectivity index (χ1n) is 8.57. The maximum atomic E-state index is 6.04. The molecule has 1 fully saturated rings. The van der Waals surface area contributed by atoms with Crippen molar-refractivity contribution < 1.29 is 4.74 Å². The number of hydrogen-bond donors (Lipinski definition) is 3. The van der Waals surface area contributed by atoms with Crippen LogP contribution < -0.4 is 16.4 Å². The van der Waals surface area contributed by atoms with E-state index in [4.69, 9.17) is 22.1 Å². The Morgan fingerprint density at radius 2 is 2.00 bits per heavy atom. The van der Waals surface area contributed by atoms with Crippen molar-refractivity contribution in [1.29, 1.82) is 0 Å². The van der Waals surface area contributed by atoms with Gasteiger partial charge in [-0.25, -0.2) is 4.98 Å². The van der Waals surface area contributed by atoms with E-state index in [1.807, 2.05) is 38.1 Å². The van der Waals surface area contributed by atoms with Crippen LogP contribution in [0.5, 0.6) is 0 Å². The zero-order valence-electron chi connectivity index (χ0n) is 14.9. The van der Waals surface area contributed by atoms with Gasteiger partial charge in [-0.15, -0.1) is 0 Å².